The molecule has 0 spiro atoms. The summed E-state index contributed by atoms with van der Waals surface area (Å²) in [5.41, 5.74) is 0.466. The summed E-state index contributed by atoms with van der Waals surface area (Å²) < 4.78 is 31.1. The number of methoxy groups -OCH3 is 2. The average Bonchev–Trinajstić information content (AvgIpc) is 2.61. The lowest BCUT2D eigenvalue weighted by Crippen LogP contribution is -2.11. The molecule has 0 fully saturated rings. The molecule has 0 aliphatic carbocycles. The summed E-state index contributed by atoms with van der Waals surface area (Å²) in [5.74, 6) is 0.416. The third-order valence-corrected chi connectivity index (χ3v) is 2.78. The Bertz CT molecular complexity index is 542. The van der Waals surface area contributed by atoms with E-state index in [1.54, 1.807) is 14.2 Å². The van der Waals surface area contributed by atoms with Crippen molar-refractivity contribution >= 4 is 6.29 Å². The SMILES string of the molecule is COCCOCOc1cc(C=O)cc(C#N)c1OCOCCOC. The van der Waals surface area contributed by atoms with Crippen LogP contribution in [0.15, 0.2) is 12.1 Å². The van der Waals surface area contributed by atoms with Gasteiger partial charge in [-0.15, -0.1) is 0 Å². The molecule has 0 aliphatic rings. The fourth-order valence-electron chi connectivity index (χ4n) is 1.64. The molecule has 8 heteroatoms. The molecule has 0 saturated heterocycles. The lowest BCUT2D eigenvalue weighted by molar-refractivity contribution is -0.0208. The van der Waals surface area contributed by atoms with Gasteiger partial charge in [0, 0.05) is 19.8 Å². The molecule has 0 aromatic heterocycles. The molecule has 1 aromatic rings. The van der Waals surface area contributed by atoms with Crippen molar-refractivity contribution < 1.29 is 33.2 Å². The van der Waals surface area contributed by atoms with Crippen molar-refractivity contribution in [2.75, 3.05) is 54.2 Å². The molecular weight excluding hydrogens is 318 g/mol. The molecular formula is C16H21NO7. The second-order valence-electron chi connectivity index (χ2n) is 4.45. The number of hydrogen-bond donors (Lipinski definition) is 0. The van der Waals surface area contributed by atoms with Crippen molar-refractivity contribution in [2.45, 2.75) is 0 Å². The number of ether oxygens (including phenoxy) is 6. The Morgan fingerprint density at radius 3 is 2.17 bits per heavy atom. The van der Waals surface area contributed by atoms with E-state index in [9.17, 15) is 10.1 Å². The second-order valence-corrected chi connectivity index (χ2v) is 4.45. The lowest BCUT2D eigenvalue weighted by Gasteiger charge is -2.15. The second kappa shape index (κ2) is 12.3. The average molecular weight is 339 g/mol. The van der Waals surface area contributed by atoms with E-state index in [1.165, 1.54) is 12.1 Å². The predicted octanol–water partition coefficient (Wildman–Crippen LogP) is 1.37. The zero-order chi connectivity index (χ0) is 17.6. The van der Waals surface area contributed by atoms with E-state index in [4.69, 9.17) is 28.4 Å². The van der Waals surface area contributed by atoms with Gasteiger partial charge in [0.15, 0.2) is 25.1 Å². The van der Waals surface area contributed by atoms with Gasteiger partial charge in [0.2, 0.25) is 0 Å². The smallest absolute Gasteiger partial charge is 0.189 e. The lowest BCUT2D eigenvalue weighted by atomic mass is 10.1. The molecule has 0 N–H and O–H groups in total. The van der Waals surface area contributed by atoms with Gasteiger partial charge in [0.05, 0.1) is 32.0 Å². The fraction of sp³-hybridized carbons (Fsp3) is 0.500. The molecule has 0 heterocycles. The topological polar surface area (TPSA) is 96.2 Å². The van der Waals surface area contributed by atoms with E-state index in [-0.39, 0.29) is 30.6 Å². The first-order valence-electron chi connectivity index (χ1n) is 7.19. The highest BCUT2D eigenvalue weighted by molar-refractivity contribution is 5.78. The van der Waals surface area contributed by atoms with Crippen LogP contribution in [-0.4, -0.2) is 60.5 Å². The molecule has 0 aliphatic heterocycles. The van der Waals surface area contributed by atoms with E-state index in [0.29, 0.717) is 38.3 Å². The summed E-state index contributed by atoms with van der Waals surface area (Å²) in [4.78, 5) is 11.0. The van der Waals surface area contributed by atoms with Crippen LogP contribution in [0.3, 0.4) is 0 Å². The van der Waals surface area contributed by atoms with Crippen molar-refractivity contribution in [3.05, 3.63) is 23.3 Å². The van der Waals surface area contributed by atoms with Gasteiger partial charge < -0.3 is 28.4 Å². The summed E-state index contributed by atoms with van der Waals surface area (Å²) in [6.45, 7) is 1.40. The van der Waals surface area contributed by atoms with Gasteiger partial charge in [-0.25, -0.2) is 0 Å². The summed E-state index contributed by atoms with van der Waals surface area (Å²) >= 11 is 0. The van der Waals surface area contributed by atoms with Crippen LogP contribution in [0.25, 0.3) is 0 Å². The van der Waals surface area contributed by atoms with Crippen molar-refractivity contribution in [3.63, 3.8) is 0 Å². The quantitative estimate of drug-likeness (QED) is 0.302. The van der Waals surface area contributed by atoms with E-state index in [0.717, 1.165) is 0 Å². The van der Waals surface area contributed by atoms with Crippen LogP contribution in [0.4, 0.5) is 0 Å². The van der Waals surface area contributed by atoms with E-state index < -0.39 is 0 Å². The number of benzene rings is 1. The molecule has 1 aromatic carbocycles. The Morgan fingerprint density at radius 2 is 1.62 bits per heavy atom. The van der Waals surface area contributed by atoms with Crippen LogP contribution in [0.1, 0.15) is 15.9 Å². The summed E-state index contributed by atoms with van der Waals surface area (Å²) in [6, 6.07) is 4.85. The zero-order valence-corrected chi connectivity index (χ0v) is 13.8. The minimum atomic E-state index is -0.0840. The molecule has 1 rings (SSSR count). The summed E-state index contributed by atoms with van der Waals surface area (Å²) in [5, 5.41) is 9.24. The van der Waals surface area contributed by atoms with E-state index >= 15 is 0 Å². The van der Waals surface area contributed by atoms with E-state index in [2.05, 4.69) is 0 Å². The largest absolute Gasteiger partial charge is 0.464 e. The number of carbonyl (C=O) groups is 1. The summed E-state index contributed by atoms with van der Waals surface area (Å²) in [6.07, 6.45) is 0.623. The van der Waals surface area contributed by atoms with Gasteiger partial charge in [0.1, 0.15) is 12.4 Å². The fourth-order valence-corrected chi connectivity index (χ4v) is 1.64. The van der Waals surface area contributed by atoms with Crippen molar-refractivity contribution in [1.82, 2.24) is 0 Å². The number of aldehydes is 1. The minimum Gasteiger partial charge on any atom is -0.464 e. The first kappa shape index (κ1) is 19.9. The predicted molar refractivity (Wildman–Crippen MR) is 83.2 cm³/mol. The van der Waals surface area contributed by atoms with Crippen molar-refractivity contribution in [1.29, 1.82) is 5.26 Å². The molecule has 0 bridgehead atoms. The Labute approximate surface area is 140 Å². The molecule has 24 heavy (non-hydrogen) atoms. The molecule has 0 radical (unpaired) electrons. The maximum Gasteiger partial charge on any atom is 0.189 e. The monoisotopic (exact) mass is 339 g/mol. The Kier molecular flexibility index (Phi) is 10.2. The number of nitriles is 1. The maximum absolute atomic E-state index is 11.0. The van der Waals surface area contributed by atoms with Gasteiger partial charge in [-0.05, 0) is 12.1 Å². The standard InChI is InChI=1S/C16H21NO7/c1-19-3-5-21-11-23-15-8-13(10-18)7-14(9-17)16(15)24-12-22-6-4-20-2/h7-8,10H,3-6,11-12H2,1-2H3. The van der Waals surface area contributed by atoms with Crippen LogP contribution in [0.5, 0.6) is 11.5 Å². The van der Waals surface area contributed by atoms with Crippen LogP contribution in [0, 0.1) is 11.3 Å². The summed E-state index contributed by atoms with van der Waals surface area (Å²) in [7, 11) is 3.12. The van der Waals surface area contributed by atoms with Crippen LogP contribution in [-0.2, 0) is 18.9 Å². The van der Waals surface area contributed by atoms with Gasteiger partial charge >= 0.3 is 0 Å². The highest BCUT2D eigenvalue weighted by atomic mass is 16.7. The van der Waals surface area contributed by atoms with Crippen LogP contribution < -0.4 is 9.47 Å². The highest BCUT2D eigenvalue weighted by Gasteiger charge is 2.14. The Hall–Kier alpha value is -2.18. The van der Waals surface area contributed by atoms with Gasteiger partial charge in [-0.1, -0.05) is 0 Å². The Morgan fingerprint density at radius 1 is 1.00 bits per heavy atom. The molecule has 8 nitrogen and oxygen atoms in total. The van der Waals surface area contributed by atoms with Gasteiger partial charge in [-0.3, -0.25) is 4.79 Å². The first-order chi connectivity index (χ1) is 11.8. The number of hydrogen-bond acceptors (Lipinski definition) is 8. The highest BCUT2D eigenvalue weighted by Crippen LogP contribution is 2.32. The zero-order valence-electron chi connectivity index (χ0n) is 13.8. The third-order valence-electron chi connectivity index (χ3n) is 2.78. The number of rotatable bonds is 13. The maximum atomic E-state index is 11.0. The minimum absolute atomic E-state index is 0.0720. The van der Waals surface area contributed by atoms with Gasteiger partial charge in [0.25, 0.3) is 0 Å². The normalized spacial score (nSPS) is 10.2. The molecule has 0 amide bonds. The Balaban J connectivity index is 2.76. The van der Waals surface area contributed by atoms with Gasteiger partial charge in [-0.2, -0.15) is 5.26 Å². The van der Waals surface area contributed by atoms with E-state index in [1.807, 2.05) is 6.07 Å². The number of carbonyl (C=O) groups excluding carboxylic acids is 1. The molecule has 132 valence electrons. The molecule has 0 atom stereocenters. The molecule has 0 saturated carbocycles. The third kappa shape index (κ3) is 6.93. The van der Waals surface area contributed by atoms with Crippen LogP contribution in [0.2, 0.25) is 0 Å². The first-order valence-corrected chi connectivity index (χ1v) is 7.19. The van der Waals surface area contributed by atoms with Crippen LogP contribution >= 0.6 is 0 Å². The van der Waals surface area contributed by atoms with Crippen molar-refractivity contribution in [3.8, 4) is 17.6 Å². The van der Waals surface area contributed by atoms with Crippen molar-refractivity contribution in [2.24, 2.45) is 0 Å². The number of nitrogens with zero attached hydrogens (tertiary/aromatic N) is 1. The molecule has 0 unspecified atom stereocenters.